The van der Waals surface area contributed by atoms with Crippen molar-refractivity contribution < 1.29 is 19.1 Å². The molecule has 0 aromatic heterocycles. The van der Waals surface area contributed by atoms with Gasteiger partial charge < -0.3 is 25.4 Å². The summed E-state index contributed by atoms with van der Waals surface area (Å²) in [5.41, 5.74) is 5.38. The van der Waals surface area contributed by atoms with Gasteiger partial charge in [-0.25, -0.2) is 9.59 Å². The van der Waals surface area contributed by atoms with Crippen LogP contribution in [-0.2, 0) is 9.47 Å². The molecule has 0 saturated carbocycles. The predicted octanol–water partition coefficient (Wildman–Crippen LogP) is 0.679. The summed E-state index contributed by atoms with van der Waals surface area (Å²) in [6.45, 7) is 6.21. The van der Waals surface area contributed by atoms with Crippen molar-refractivity contribution in [1.29, 1.82) is 0 Å². The first-order valence-electron chi connectivity index (χ1n) is 6.31. The highest BCUT2D eigenvalue weighted by molar-refractivity contribution is 5.69. The molecule has 0 aromatic rings. The molecule has 110 valence electrons. The molecule has 1 rings (SSSR count). The zero-order valence-corrected chi connectivity index (χ0v) is 11.9. The molecule has 3 N–H and O–H groups in total. The van der Waals surface area contributed by atoms with E-state index in [9.17, 15) is 9.59 Å². The summed E-state index contributed by atoms with van der Waals surface area (Å²) in [6.07, 6.45) is -0.335. The molecular formula is C12H23N3O4. The maximum Gasteiger partial charge on any atom is 0.409 e. The van der Waals surface area contributed by atoms with Crippen LogP contribution >= 0.6 is 0 Å². The third-order valence-corrected chi connectivity index (χ3v) is 2.80. The van der Waals surface area contributed by atoms with E-state index in [4.69, 9.17) is 10.5 Å². The summed E-state index contributed by atoms with van der Waals surface area (Å²) in [4.78, 5) is 24.7. The number of nitrogens with two attached hydrogens (primary N) is 1. The second-order valence-corrected chi connectivity index (χ2v) is 5.62. The molecule has 0 bridgehead atoms. The van der Waals surface area contributed by atoms with Crippen molar-refractivity contribution in [1.82, 2.24) is 10.2 Å². The Labute approximate surface area is 113 Å². The lowest BCUT2D eigenvalue weighted by atomic mass is 10.0. The third-order valence-electron chi connectivity index (χ3n) is 2.80. The van der Waals surface area contributed by atoms with E-state index in [2.05, 4.69) is 10.1 Å². The summed E-state index contributed by atoms with van der Waals surface area (Å²) in [5.74, 6) is 0. The van der Waals surface area contributed by atoms with Crippen LogP contribution in [0, 0.1) is 0 Å². The molecule has 1 heterocycles. The molecular weight excluding hydrogens is 250 g/mol. The number of likely N-dealkylation sites (tertiary alicyclic amines) is 1. The molecule has 7 nitrogen and oxygen atoms in total. The fourth-order valence-corrected chi connectivity index (χ4v) is 1.88. The SMILES string of the molecule is COC(=O)N1CC[C@H](N)[C@H](NC(=O)OC(C)(C)C)C1. The monoisotopic (exact) mass is 273 g/mol. The smallest absolute Gasteiger partial charge is 0.409 e. The standard InChI is InChI=1S/C12H23N3O4/c1-12(2,3)19-10(16)14-9-7-15(11(17)18-4)6-5-8(9)13/h8-9H,5-7,13H2,1-4H3,(H,14,16)/t8-,9+/m0/s1. The van der Waals surface area contributed by atoms with Crippen molar-refractivity contribution in [2.45, 2.75) is 44.9 Å². The molecule has 1 aliphatic heterocycles. The normalized spacial score (nSPS) is 23.7. The second kappa shape index (κ2) is 6.10. The fourth-order valence-electron chi connectivity index (χ4n) is 1.88. The topological polar surface area (TPSA) is 93.9 Å². The van der Waals surface area contributed by atoms with E-state index in [1.54, 1.807) is 20.8 Å². The molecule has 0 aliphatic carbocycles. The van der Waals surface area contributed by atoms with E-state index in [1.165, 1.54) is 12.0 Å². The molecule has 7 heteroatoms. The lowest BCUT2D eigenvalue weighted by Crippen LogP contribution is -2.59. The van der Waals surface area contributed by atoms with Gasteiger partial charge in [-0.15, -0.1) is 0 Å². The van der Waals surface area contributed by atoms with Gasteiger partial charge in [0.2, 0.25) is 0 Å². The van der Waals surface area contributed by atoms with Gasteiger partial charge in [-0.2, -0.15) is 0 Å². The summed E-state index contributed by atoms with van der Waals surface area (Å²) in [6, 6.07) is -0.531. The summed E-state index contributed by atoms with van der Waals surface area (Å²) in [7, 11) is 1.33. The number of piperidine rings is 1. The van der Waals surface area contributed by atoms with Crippen LogP contribution in [-0.4, -0.2) is 55.0 Å². The van der Waals surface area contributed by atoms with Gasteiger partial charge in [0.15, 0.2) is 0 Å². The molecule has 1 aliphatic rings. The van der Waals surface area contributed by atoms with Crippen molar-refractivity contribution in [3.63, 3.8) is 0 Å². The number of methoxy groups -OCH3 is 1. The van der Waals surface area contributed by atoms with Gasteiger partial charge in [-0.3, -0.25) is 0 Å². The van der Waals surface area contributed by atoms with Crippen molar-refractivity contribution >= 4 is 12.2 Å². The number of nitrogens with zero attached hydrogens (tertiary/aromatic N) is 1. The molecule has 2 amide bonds. The maximum atomic E-state index is 11.7. The minimum absolute atomic E-state index is 0.201. The van der Waals surface area contributed by atoms with E-state index in [0.29, 0.717) is 19.5 Å². The summed E-state index contributed by atoms with van der Waals surface area (Å²) in [5, 5.41) is 2.70. The lowest BCUT2D eigenvalue weighted by Gasteiger charge is -2.36. The number of ether oxygens (including phenoxy) is 2. The van der Waals surface area contributed by atoms with Crippen LogP contribution in [0.15, 0.2) is 0 Å². The molecule has 0 unspecified atom stereocenters. The predicted molar refractivity (Wildman–Crippen MR) is 69.7 cm³/mol. The minimum atomic E-state index is -0.565. The first kappa shape index (κ1) is 15.6. The van der Waals surface area contributed by atoms with E-state index in [-0.39, 0.29) is 12.1 Å². The van der Waals surface area contributed by atoms with Crippen LogP contribution in [0.4, 0.5) is 9.59 Å². The molecule has 1 saturated heterocycles. The summed E-state index contributed by atoms with van der Waals surface area (Å²) >= 11 is 0. The van der Waals surface area contributed by atoms with E-state index in [1.807, 2.05) is 0 Å². The Morgan fingerprint density at radius 1 is 1.37 bits per heavy atom. The molecule has 19 heavy (non-hydrogen) atoms. The van der Waals surface area contributed by atoms with Crippen LogP contribution in [0.3, 0.4) is 0 Å². The van der Waals surface area contributed by atoms with Crippen LogP contribution < -0.4 is 11.1 Å². The number of hydrogen-bond donors (Lipinski definition) is 2. The quantitative estimate of drug-likeness (QED) is 0.732. The molecule has 0 spiro atoms. The van der Waals surface area contributed by atoms with E-state index < -0.39 is 17.8 Å². The molecule has 0 aromatic carbocycles. The highest BCUT2D eigenvalue weighted by atomic mass is 16.6. The van der Waals surface area contributed by atoms with Crippen LogP contribution in [0.25, 0.3) is 0 Å². The Hall–Kier alpha value is -1.50. The summed E-state index contributed by atoms with van der Waals surface area (Å²) < 4.78 is 9.83. The van der Waals surface area contributed by atoms with Crippen molar-refractivity contribution in [2.24, 2.45) is 5.73 Å². The van der Waals surface area contributed by atoms with Gasteiger partial charge in [-0.1, -0.05) is 0 Å². The second-order valence-electron chi connectivity index (χ2n) is 5.62. The molecule has 1 fully saturated rings. The van der Waals surface area contributed by atoms with Crippen LogP contribution in [0.1, 0.15) is 27.2 Å². The van der Waals surface area contributed by atoms with Gasteiger partial charge in [0.05, 0.1) is 13.2 Å². The largest absolute Gasteiger partial charge is 0.453 e. The fraction of sp³-hybridized carbons (Fsp3) is 0.833. The Kier molecular flexibility index (Phi) is 4.99. The Balaban J connectivity index is 2.55. The highest BCUT2D eigenvalue weighted by Gasteiger charge is 2.31. The van der Waals surface area contributed by atoms with E-state index in [0.717, 1.165) is 0 Å². The van der Waals surface area contributed by atoms with Gasteiger partial charge in [0.25, 0.3) is 0 Å². The first-order valence-corrected chi connectivity index (χ1v) is 6.31. The average Bonchev–Trinajstić information content (AvgIpc) is 2.28. The van der Waals surface area contributed by atoms with Crippen LogP contribution in [0.5, 0.6) is 0 Å². The zero-order chi connectivity index (χ0) is 14.6. The highest BCUT2D eigenvalue weighted by Crippen LogP contribution is 2.12. The van der Waals surface area contributed by atoms with E-state index >= 15 is 0 Å². The number of carbonyl (C=O) groups excluding carboxylic acids is 2. The van der Waals surface area contributed by atoms with Crippen molar-refractivity contribution in [3.8, 4) is 0 Å². The number of hydrogen-bond acceptors (Lipinski definition) is 5. The van der Waals surface area contributed by atoms with Crippen LogP contribution in [0.2, 0.25) is 0 Å². The number of alkyl carbamates (subject to hydrolysis) is 1. The minimum Gasteiger partial charge on any atom is -0.453 e. The van der Waals surface area contributed by atoms with Gasteiger partial charge in [-0.05, 0) is 27.2 Å². The third kappa shape index (κ3) is 4.94. The average molecular weight is 273 g/mol. The van der Waals surface area contributed by atoms with Gasteiger partial charge in [0, 0.05) is 19.1 Å². The Morgan fingerprint density at radius 3 is 2.53 bits per heavy atom. The molecule has 2 atom stereocenters. The van der Waals surface area contributed by atoms with Crippen molar-refractivity contribution in [3.05, 3.63) is 0 Å². The number of amides is 2. The number of rotatable bonds is 1. The first-order chi connectivity index (χ1) is 8.73. The van der Waals surface area contributed by atoms with Gasteiger partial charge in [0.1, 0.15) is 5.60 Å². The number of nitrogens with one attached hydrogen (secondary N) is 1. The van der Waals surface area contributed by atoms with Crippen molar-refractivity contribution in [2.75, 3.05) is 20.2 Å². The van der Waals surface area contributed by atoms with Gasteiger partial charge >= 0.3 is 12.2 Å². The lowest BCUT2D eigenvalue weighted by molar-refractivity contribution is 0.0450. The Morgan fingerprint density at radius 2 is 2.00 bits per heavy atom. The number of carbonyl (C=O) groups is 2. The maximum absolute atomic E-state index is 11.7. The zero-order valence-electron chi connectivity index (χ0n) is 11.9. The Bertz CT molecular complexity index is 340. The molecule has 0 radical (unpaired) electrons.